The standard InChI is InChI=1S/C18H34N2O/c1-5-14-8-10-16(11-9-14)20(4)17(21)18(2,3)15-7-6-12-19-13-15/h14-16,19H,5-13H2,1-4H3. The quantitative estimate of drug-likeness (QED) is 0.861. The molecule has 2 fully saturated rings. The third-order valence-electron chi connectivity index (χ3n) is 6.13. The van der Waals surface area contributed by atoms with Crippen molar-refractivity contribution in [1.82, 2.24) is 10.2 Å². The van der Waals surface area contributed by atoms with E-state index >= 15 is 0 Å². The molecule has 2 aliphatic rings. The lowest BCUT2D eigenvalue weighted by atomic mass is 9.73. The average Bonchev–Trinajstić information content (AvgIpc) is 2.54. The van der Waals surface area contributed by atoms with Crippen molar-refractivity contribution in [3.05, 3.63) is 0 Å². The Balaban J connectivity index is 1.94. The van der Waals surface area contributed by atoms with E-state index in [1.807, 2.05) is 7.05 Å². The summed E-state index contributed by atoms with van der Waals surface area (Å²) in [6.45, 7) is 8.70. The van der Waals surface area contributed by atoms with Crippen molar-refractivity contribution in [3.8, 4) is 0 Å². The molecule has 3 heteroatoms. The molecule has 122 valence electrons. The van der Waals surface area contributed by atoms with Crippen molar-refractivity contribution in [2.75, 3.05) is 20.1 Å². The number of piperidine rings is 1. The molecule has 1 saturated heterocycles. The summed E-state index contributed by atoms with van der Waals surface area (Å²) in [6, 6.07) is 0.469. The van der Waals surface area contributed by atoms with Crippen LogP contribution in [0.25, 0.3) is 0 Å². The van der Waals surface area contributed by atoms with Gasteiger partial charge in [-0.2, -0.15) is 0 Å². The van der Waals surface area contributed by atoms with E-state index in [-0.39, 0.29) is 5.41 Å². The van der Waals surface area contributed by atoms with Gasteiger partial charge >= 0.3 is 0 Å². The molecule has 0 aromatic rings. The fourth-order valence-electron chi connectivity index (χ4n) is 4.20. The van der Waals surface area contributed by atoms with Gasteiger partial charge in [0.2, 0.25) is 5.91 Å². The summed E-state index contributed by atoms with van der Waals surface area (Å²) in [5.41, 5.74) is -0.232. The van der Waals surface area contributed by atoms with Gasteiger partial charge in [0.05, 0.1) is 0 Å². The van der Waals surface area contributed by atoms with Crippen molar-refractivity contribution >= 4 is 5.91 Å². The Hall–Kier alpha value is -0.570. The first kappa shape index (κ1) is 16.8. The van der Waals surface area contributed by atoms with E-state index in [1.54, 1.807) is 0 Å². The van der Waals surface area contributed by atoms with Crippen molar-refractivity contribution in [1.29, 1.82) is 0 Å². The van der Waals surface area contributed by atoms with Gasteiger partial charge in [-0.1, -0.05) is 27.2 Å². The molecule has 0 bridgehead atoms. The summed E-state index contributed by atoms with van der Waals surface area (Å²) in [4.78, 5) is 15.1. The number of hydrogen-bond donors (Lipinski definition) is 1. The van der Waals surface area contributed by atoms with Crippen LogP contribution >= 0.6 is 0 Å². The lowest BCUT2D eigenvalue weighted by Crippen LogP contribution is -2.51. The molecule has 0 aromatic heterocycles. The lowest BCUT2D eigenvalue weighted by Gasteiger charge is -2.42. The molecule has 1 aliphatic carbocycles. The first-order valence-corrected chi connectivity index (χ1v) is 8.94. The number of nitrogens with one attached hydrogen (secondary N) is 1. The third kappa shape index (κ3) is 3.80. The Bertz CT molecular complexity index is 339. The minimum absolute atomic E-state index is 0.232. The van der Waals surface area contributed by atoms with Gasteiger partial charge in [-0.05, 0) is 63.5 Å². The van der Waals surface area contributed by atoms with Gasteiger partial charge in [0.1, 0.15) is 0 Å². The molecule has 3 nitrogen and oxygen atoms in total. The van der Waals surface area contributed by atoms with Crippen LogP contribution in [0.1, 0.15) is 65.7 Å². The van der Waals surface area contributed by atoms with Crippen molar-refractivity contribution in [3.63, 3.8) is 0 Å². The largest absolute Gasteiger partial charge is 0.342 e. The highest BCUT2D eigenvalue weighted by atomic mass is 16.2. The van der Waals surface area contributed by atoms with Crippen LogP contribution in [0.3, 0.4) is 0 Å². The van der Waals surface area contributed by atoms with Crippen LogP contribution in [0.5, 0.6) is 0 Å². The summed E-state index contributed by atoms with van der Waals surface area (Å²) < 4.78 is 0. The highest BCUT2D eigenvalue weighted by Gasteiger charge is 2.40. The molecule has 0 spiro atoms. The minimum atomic E-state index is -0.232. The van der Waals surface area contributed by atoms with Gasteiger partial charge in [0.15, 0.2) is 0 Å². The molecular weight excluding hydrogens is 260 g/mol. The fourth-order valence-corrected chi connectivity index (χ4v) is 4.20. The van der Waals surface area contributed by atoms with E-state index in [2.05, 4.69) is 31.0 Å². The lowest BCUT2D eigenvalue weighted by molar-refractivity contribution is -0.145. The second-order valence-electron chi connectivity index (χ2n) is 7.76. The van der Waals surface area contributed by atoms with Gasteiger partial charge in [0.25, 0.3) is 0 Å². The van der Waals surface area contributed by atoms with Crippen LogP contribution in [0, 0.1) is 17.3 Å². The molecule has 1 amide bonds. The maximum absolute atomic E-state index is 13.0. The third-order valence-corrected chi connectivity index (χ3v) is 6.13. The maximum atomic E-state index is 13.0. The second kappa shape index (κ2) is 7.13. The van der Waals surface area contributed by atoms with Crippen LogP contribution in [0.15, 0.2) is 0 Å². The highest BCUT2D eigenvalue weighted by molar-refractivity contribution is 5.82. The van der Waals surface area contributed by atoms with Gasteiger partial charge in [-0.3, -0.25) is 4.79 Å². The van der Waals surface area contributed by atoms with E-state index in [0.717, 1.165) is 19.0 Å². The maximum Gasteiger partial charge on any atom is 0.228 e. The highest BCUT2D eigenvalue weighted by Crippen LogP contribution is 2.36. The van der Waals surface area contributed by atoms with Crippen LogP contribution < -0.4 is 5.32 Å². The van der Waals surface area contributed by atoms with E-state index in [0.29, 0.717) is 17.9 Å². The summed E-state index contributed by atoms with van der Waals surface area (Å²) in [7, 11) is 2.04. The molecule has 21 heavy (non-hydrogen) atoms. The molecule has 1 atom stereocenters. The smallest absolute Gasteiger partial charge is 0.228 e. The summed E-state index contributed by atoms with van der Waals surface area (Å²) in [5, 5.41) is 3.46. The molecule has 2 rings (SSSR count). The molecule has 1 aliphatic heterocycles. The Morgan fingerprint density at radius 1 is 1.19 bits per heavy atom. The molecule has 1 N–H and O–H groups in total. The fraction of sp³-hybridized carbons (Fsp3) is 0.944. The summed E-state index contributed by atoms with van der Waals surface area (Å²) in [6.07, 6.45) is 8.66. The number of amides is 1. The van der Waals surface area contributed by atoms with Gasteiger partial charge < -0.3 is 10.2 Å². The Kier molecular flexibility index (Phi) is 5.70. The molecule has 1 saturated carbocycles. The molecule has 0 aromatic carbocycles. The molecule has 1 heterocycles. The second-order valence-corrected chi connectivity index (χ2v) is 7.76. The number of nitrogens with zero attached hydrogens (tertiary/aromatic N) is 1. The SMILES string of the molecule is CCC1CCC(N(C)C(=O)C(C)(C)C2CCCNC2)CC1. The van der Waals surface area contributed by atoms with Crippen LogP contribution in [-0.4, -0.2) is 37.0 Å². The molecular formula is C18H34N2O. The Morgan fingerprint density at radius 2 is 1.86 bits per heavy atom. The number of rotatable bonds is 4. The first-order chi connectivity index (χ1) is 9.96. The number of carbonyl (C=O) groups excluding carboxylic acids is 1. The van der Waals surface area contributed by atoms with Crippen molar-refractivity contribution in [2.24, 2.45) is 17.3 Å². The minimum Gasteiger partial charge on any atom is -0.342 e. The van der Waals surface area contributed by atoms with E-state index in [9.17, 15) is 4.79 Å². The number of carbonyl (C=O) groups is 1. The Labute approximate surface area is 130 Å². The van der Waals surface area contributed by atoms with Crippen LogP contribution in [-0.2, 0) is 4.79 Å². The van der Waals surface area contributed by atoms with Gasteiger partial charge in [-0.15, -0.1) is 0 Å². The van der Waals surface area contributed by atoms with Crippen LogP contribution in [0.4, 0.5) is 0 Å². The van der Waals surface area contributed by atoms with Crippen LogP contribution in [0.2, 0.25) is 0 Å². The van der Waals surface area contributed by atoms with E-state index < -0.39 is 0 Å². The first-order valence-electron chi connectivity index (χ1n) is 8.94. The zero-order valence-electron chi connectivity index (χ0n) is 14.5. The predicted molar refractivity (Wildman–Crippen MR) is 88.2 cm³/mol. The predicted octanol–water partition coefficient (Wildman–Crippen LogP) is 3.44. The van der Waals surface area contributed by atoms with Crippen molar-refractivity contribution < 1.29 is 4.79 Å². The topological polar surface area (TPSA) is 32.3 Å². The van der Waals surface area contributed by atoms with Gasteiger partial charge in [-0.25, -0.2) is 0 Å². The monoisotopic (exact) mass is 294 g/mol. The average molecular weight is 294 g/mol. The Morgan fingerprint density at radius 3 is 2.38 bits per heavy atom. The van der Waals surface area contributed by atoms with E-state index in [4.69, 9.17) is 0 Å². The van der Waals surface area contributed by atoms with Crippen molar-refractivity contribution in [2.45, 2.75) is 71.8 Å². The number of hydrogen-bond acceptors (Lipinski definition) is 2. The zero-order valence-corrected chi connectivity index (χ0v) is 14.5. The molecule has 1 unspecified atom stereocenters. The zero-order chi connectivity index (χ0) is 15.5. The summed E-state index contributed by atoms with van der Waals surface area (Å²) >= 11 is 0. The van der Waals surface area contributed by atoms with E-state index in [1.165, 1.54) is 44.9 Å². The molecule has 0 radical (unpaired) electrons. The normalized spacial score (nSPS) is 31.0. The van der Waals surface area contributed by atoms with Gasteiger partial charge in [0, 0.05) is 18.5 Å². The summed E-state index contributed by atoms with van der Waals surface area (Å²) in [5.74, 6) is 1.73.